The summed E-state index contributed by atoms with van der Waals surface area (Å²) < 4.78 is 8.75. The molecule has 0 spiro atoms. The number of furan rings is 1. The SMILES string of the molecule is c1ccc(-c2cc3ccc4c(c5ccccc5n4-c4cc(-c5ccncc5)nc(-c5ccncc5)n4)c3o2)cc1. The summed E-state index contributed by atoms with van der Waals surface area (Å²) in [7, 11) is 0. The Bertz CT molecular complexity index is 2090. The molecule has 0 N–H and O–H groups in total. The fraction of sp³-hybridized carbons (Fsp3) is 0. The summed E-state index contributed by atoms with van der Waals surface area (Å²) in [5.41, 5.74) is 6.66. The van der Waals surface area contributed by atoms with E-state index in [2.05, 4.69) is 69.1 Å². The quantitative estimate of drug-likeness (QED) is 0.237. The summed E-state index contributed by atoms with van der Waals surface area (Å²) >= 11 is 0. The number of benzene rings is 3. The fourth-order valence-corrected chi connectivity index (χ4v) is 5.39. The van der Waals surface area contributed by atoms with Gasteiger partial charge < -0.3 is 4.42 Å². The highest BCUT2D eigenvalue weighted by Crippen LogP contribution is 2.40. The van der Waals surface area contributed by atoms with Gasteiger partial charge in [0, 0.05) is 58.3 Å². The van der Waals surface area contributed by atoms with Crippen molar-refractivity contribution in [1.82, 2.24) is 24.5 Å². The molecule has 0 amide bonds. The third kappa shape index (κ3) is 3.58. The van der Waals surface area contributed by atoms with Crippen molar-refractivity contribution >= 4 is 32.8 Å². The van der Waals surface area contributed by atoms with E-state index in [-0.39, 0.29) is 0 Å². The molecule has 0 saturated carbocycles. The van der Waals surface area contributed by atoms with Crippen LogP contribution < -0.4 is 0 Å². The lowest BCUT2D eigenvalue weighted by Gasteiger charge is -2.11. The molecule has 6 heteroatoms. The Labute approximate surface area is 229 Å². The maximum absolute atomic E-state index is 6.55. The summed E-state index contributed by atoms with van der Waals surface area (Å²) in [6.07, 6.45) is 7.08. The third-order valence-electron chi connectivity index (χ3n) is 7.23. The van der Waals surface area contributed by atoms with Crippen LogP contribution in [0.25, 0.3) is 72.6 Å². The molecule has 5 heterocycles. The van der Waals surface area contributed by atoms with Crippen molar-refractivity contribution in [3.63, 3.8) is 0 Å². The molecule has 8 aromatic rings. The molecule has 0 bridgehead atoms. The van der Waals surface area contributed by atoms with Gasteiger partial charge in [-0.05, 0) is 48.5 Å². The zero-order chi connectivity index (χ0) is 26.5. The smallest absolute Gasteiger partial charge is 0.162 e. The second-order valence-electron chi connectivity index (χ2n) is 9.61. The third-order valence-corrected chi connectivity index (χ3v) is 7.23. The maximum atomic E-state index is 6.55. The second-order valence-corrected chi connectivity index (χ2v) is 9.61. The number of para-hydroxylation sites is 1. The van der Waals surface area contributed by atoms with Crippen molar-refractivity contribution in [3.05, 3.63) is 128 Å². The van der Waals surface area contributed by atoms with E-state index in [4.69, 9.17) is 14.4 Å². The molecule has 188 valence electrons. The van der Waals surface area contributed by atoms with Crippen LogP contribution in [0, 0.1) is 0 Å². The lowest BCUT2D eigenvalue weighted by atomic mass is 10.1. The number of nitrogens with zero attached hydrogens (tertiary/aromatic N) is 5. The van der Waals surface area contributed by atoms with Gasteiger partial charge in [-0.15, -0.1) is 0 Å². The van der Waals surface area contributed by atoms with Crippen molar-refractivity contribution in [2.45, 2.75) is 0 Å². The molecular formula is C34H21N5O. The summed E-state index contributed by atoms with van der Waals surface area (Å²) in [4.78, 5) is 18.4. The van der Waals surface area contributed by atoms with Gasteiger partial charge in [-0.25, -0.2) is 9.97 Å². The highest BCUT2D eigenvalue weighted by atomic mass is 16.3. The van der Waals surface area contributed by atoms with E-state index in [0.717, 1.165) is 66.7 Å². The predicted molar refractivity (Wildman–Crippen MR) is 158 cm³/mol. The summed E-state index contributed by atoms with van der Waals surface area (Å²) in [5.74, 6) is 2.25. The first-order valence-electron chi connectivity index (χ1n) is 13.0. The first-order valence-corrected chi connectivity index (χ1v) is 13.0. The predicted octanol–water partition coefficient (Wildman–Crippen LogP) is 8.11. The first kappa shape index (κ1) is 22.4. The summed E-state index contributed by atoms with van der Waals surface area (Å²) in [6.45, 7) is 0. The first-order chi connectivity index (χ1) is 19.8. The summed E-state index contributed by atoms with van der Waals surface area (Å²) in [6, 6.07) is 34.8. The van der Waals surface area contributed by atoms with Crippen molar-refractivity contribution in [3.8, 4) is 39.8 Å². The molecule has 0 aliphatic carbocycles. The minimum atomic E-state index is 0.628. The lowest BCUT2D eigenvalue weighted by molar-refractivity contribution is 0.635. The van der Waals surface area contributed by atoms with Crippen LogP contribution in [-0.2, 0) is 0 Å². The van der Waals surface area contributed by atoms with Crippen LogP contribution in [0.2, 0.25) is 0 Å². The average molecular weight is 516 g/mol. The second kappa shape index (κ2) is 8.99. The van der Waals surface area contributed by atoms with Gasteiger partial charge in [-0.1, -0.05) is 48.5 Å². The van der Waals surface area contributed by atoms with Crippen LogP contribution in [0.5, 0.6) is 0 Å². The Morgan fingerprint density at radius 3 is 2.10 bits per heavy atom. The molecule has 3 aromatic carbocycles. The number of hydrogen-bond donors (Lipinski definition) is 0. The van der Waals surface area contributed by atoms with Crippen molar-refractivity contribution in [2.24, 2.45) is 0 Å². The Morgan fingerprint density at radius 2 is 1.30 bits per heavy atom. The number of aromatic nitrogens is 5. The van der Waals surface area contributed by atoms with Crippen LogP contribution in [0.15, 0.2) is 132 Å². The Hall–Kier alpha value is -5.62. The number of fused-ring (bicyclic) bond motifs is 5. The minimum absolute atomic E-state index is 0.628. The van der Waals surface area contributed by atoms with E-state index in [1.54, 1.807) is 24.8 Å². The monoisotopic (exact) mass is 515 g/mol. The molecule has 40 heavy (non-hydrogen) atoms. The van der Waals surface area contributed by atoms with Crippen molar-refractivity contribution in [1.29, 1.82) is 0 Å². The van der Waals surface area contributed by atoms with Gasteiger partial charge in [0.1, 0.15) is 17.2 Å². The standard InChI is InChI=1S/C34H21N5O/c1-2-6-23(7-3-1)30-20-25-10-11-29-32(33(25)40-30)26-8-4-5-9-28(26)39(29)31-21-27(22-12-16-35-17-13-22)37-34(38-31)24-14-18-36-19-15-24/h1-21H. The zero-order valence-corrected chi connectivity index (χ0v) is 21.3. The van der Waals surface area contributed by atoms with Crippen LogP contribution in [0.3, 0.4) is 0 Å². The van der Waals surface area contributed by atoms with Gasteiger partial charge in [0.05, 0.1) is 22.1 Å². The fourth-order valence-electron chi connectivity index (χ4n) is 5.39. The topological polar surface area (TPSA) is 69.6 Å². The molecule has 6 nitrogen and oxygen atoms in total. The average Bonchev–Trinajstić information content (AvgIpc) is 3.62. The van der Waals surface area contributed by atoms with Gasteiger partial charge in [-0.3, -0.25) is 14.5 Å². The molecule has 5 aromatic heterocycles. The molecule has 0 saturated heterocycles. The molecule has 0 fully saturated rings. The van der Waals surface area contributed by atoms with Crippen molar-refractivity contribution in [2.75, 3.05) is 0 Å². The molecule has 0 unspecified atom stereocenters. The van der Waals surface area contributed by atoms with E-state index in [0.29, 0.717) is 5.82 Å². The Kier molecular flexibility index (Phi) is 5.03. The molecule has 0 radical (unpaired) electrons. The van der Waals surface area contributed by atoms with E-state index in [9.17, 15) is 0 Å². The van der Waals surface area contributed by atoms with E-state index >= 15 is 0 Å². The van der Waals surface area contributed by atoms with Crippen LogP contribution in [0.1, 0.15) is 0 Å². The Morgan fingerprint density at radius 1 is 0.575 bits per heavy atom. The molecule has 8 rings (SSSR count). The van der Waals surface area contributed by atoms with Crippen LogP contribution >= 0.6 is 0 Å². The van der Waals surface area contributed by atoms with Gasteiger partial charge in [0.25, 0.3) is 0 Å². The van der Waals surface area contributed by atoms with Gasteiger partial charge in [0.15, 0.2) is 5.82 Å². The minimum Gasteiger partial charge on any atom is -0.455 e. The highest BCUT2D eigenvalue weighted by Gasteiger charge is 2.20. The van der Waals surface area contributed by atoms with Gasteiger partial charge in [0.2, 0.25) is 0 Å². The van der Waals surface area contributed by atoms with Gasteiger partial charge in [-0.2, -0.15) is 0 Å². The lowest BCUT2D eigenvalue weighted by Crippen LogP contribution is -2.02. The number of hydrogen-bond acceptors (Lipinski definition) is 5. The normalized spacial score (nSPS) is 11.5. The molecule has 0 aliphatic rings. The van der Waals surface area contributed by atoms with E-state index < -0.39 is 0 Å². The van der Waals surface area contributed by atoms with Crippen molar-refractivity contribution < 1.29 is 4.42 Å². The van der Waals surface area contributed by atoms with E-state index in [1.807, 2.05) is 48.5 Å². The van der Waals surface area contributed by atoms with Gasteiger partial charge >= 0.3 is 0 Å². The highest BCUT2D eigenvalue weighted by molar-refractivity contribution is 6.20. The molecule has 0 atom stereocenters. The largest absolute Gasteiger partial charge is 0.455 e. The summed E-state index contributed by atoms with van der Waals surface area (Å²) in [5, 5.41) is 3.23. The van der Waals surface area contributed by atoms with E-state index in [1.165, 1.54) is 0 Å². The Balaban J connectivity index is 1.43. The number of pyridine rings is 2. The number of rotatable bonds is 4. The maximum Gasteiger partial charge on any atom is 0.162 e. The molecule has 0 aliphatic heterocycles. The van der Waals surface area contributed by atoms with Crippen LogP contribution in [-0.4, -0.2) is 24.5 Å². The van der Waals surface area contributed by atoms with Crippen LogP contribution in [0.4, 0.5) is 0 Å². The zero-order valence-electron chi connectivity index (χ0n) is 21.3. The molecular weight excluding hydrogens is 494 g/mol.